The molecule has 1 aliphatic heterocycles. The van der Waals surface area contributed by atoms with E-state index in [1.165, 1.54) is 18.6 Å². The van der Waals surface area contributed by atoms with Gasteiger partial charge in [0.05, 0.1) is 19.4 Å². The van der Waals surface area contributed by atoms with E-state index in [9.17, 15) is 9.59 Å². The third-order valence-corrected chi connectivity index (χ3v) is 4.01. The number of rotatable bonds is 7. The summed E-state index contributed by atoms with van der Waals surface area (Å²) >= 11 is 0. The highest BCUT2D eigenvalue weighted by atomic mass is 16.5. The standard InChI is InChI=1S/C17H26N4O3/c1-14(2)3-7-21(17(23)15-13-18-5-6-19-15)8-4-16(22)20-9-11-24-12-10-20/h5-6,13-14H,3-4,7-12H2,1-2H3. The van der Waals surface area contributed by atoms with Crippen molar-refractivity contribution < 1.29 is 14.3 Å². The summed E-state index contributed by atoms with van der Waals surface area (Å²) in [5.41, 5.74) is 0.320. The quantitative estimate of drug-likeness (QED) is 0.749. The van der Waals surface area contributed by atoms with Gasteiger partial charge in [0.15, 0.2) is 0 Å². The van der Waals surface area contributed by atoms with Gasteiger partial charge >= 0.3 is 0 Å². The molecule has 7 nitrogen and oxygen atoms in total. The fraction of sp³-hybridized carbons (Fsp3) is 0.647. The smallest absolute Gasteiger partial charge is 0.274 e. The predicted octanol–water partition coefficient (Wildman–Crippen LogP) is 1.21. The van der Waals surface area contributed by atoms with Crippen LogP contribution in [0.3, 0.4) is 0 Å². The maximum atomic E-state index is 12.6. The van der Waals surface area contributed by atoms with Crippen LogP contribution in [0.5, 0.6) is 0 Å². The van der Waals surface area contributed by atoms with Gasteiger partial charge in [-0.05, 0) is 12.3 Å². The van der Waals surface area contributed by atoms with E-state index in [4.69, 9.17) is 4.74 Å². The van der Waals surface area contributed by atoms with E-state index in [0.717, 1.165) is 6.42 Å². The van der Waals surface area contributed by atoms with Gasteiger partial charge in [0.2, 0.25) is 5.91 Å². The molecule has 7 heteroatoms. The summed E-state index contributed by atoms with van der Waals surface area (Å²) in [6.07, 6.45) is 5.72. The number of nitrogens with zero attached hydrogens (tertiary/aromatic N) is 4. The van der Waals surface area contributed by atoms with E-state index in [1.807, 2.05) is 0 Å². The Bertz CT molecular complexity index is 530. The Labute approximate surface area is 143 Å². The second-order valence-corrected chi connectivity index (χ2v) is 6.31. The van der Waals surface area contributed by atoms with Crippen LogP contribution < -0.4 is 0 Å². The number of hydrogen-bond donors (Lipinski definition) is 0. The fourth-order valence-corrected chi connectivity index (χ4v) is 2.50. The van der Waals surface area contributed by atoms with Crippen LogP contribution in [0.1, 0.15) is 37.2 Å². The summed E-state index contributed by atoms with van der Waals surface area (Å²) in [4.78, 5) is 36.5. The Morgan fingerprint density at radius 2 is 2.00 bits per heavy atom. The Morgan fingerprint density at radius 3 is 2.62 bits per heavy atom. The molecular formula is C17H26N4O3. The van der Waals surface area contributed by atoms with Crippen molar-refractivity contribution >= 4 is 11.8 Å². The number of carbonyl (C=O) groups excluding carboxylic acids is 2. The first kappa shape index (κ1) is 18.3. The molecule has 2 amide bonds. The Balaban J connectivity index is 1.95. The molecule has 0 saturated carbocycles. The molecule has 1 aromatic heterocycles. The summed E-state index contributed by atoms with van der Waals surface area (Å²) in [6.45, 7) is 7.67. The lowest BCUT2D eigenvalue weighted by atomic mass is 10.1. The van der Waals surface area contributed by atoms with E-state index in [1.54, 1.807) is 9.80 Å². The van der Waals surface area contributed by atoms with Gasteiger partial charge in [-0.2, -0.15) is 0 Å². The Kier molecular flexibility index (Phi) is 7.11. The van der Waals surface area contributed by atoms with Crippen molar-refractivity contribution in [1.29, 1.82) is 0 Å². The topological polar surface area (TPSA) is 75.6 Å². The summed E-state index contributed by atoms with van der Waals surface area (Å²) in [7, 11) is 0. The highest BCUT2D eigenvalue weighted by molar-refractivity contribution is 5.92. The van der Waals surface area contributed by atoms with Crippen molar-refractivity contribution in [2.24, 2.45) is 5.92 Å². The molecule has 0 N–H and O–H groups in total. The molecule has 0 atom stereocenters. The average Bonchev–Trinajstić information content (AvgIpc) is 2.62. The number of ether oxygens (including phenoxy) is 1. The van der Waals surface area contributed by atoms with Crippen molar-refractivity contribution in [1.82, 2.24) is 19.8 Å². The van der Waals surface area contributed by atoms with Crippen molar-refractivity contribution in [2.75, 3.05) is 39.4 Å². The summed E-state index contributed by atoms with van der Waals surface area (Å²) < 4.78 is 5.26. The molecule has 1 aliphatic rings. The highest BCUT2D eigenvalue weighted by Gasteiger charge is 2.21. The molecule has 0 aromatic carbocycles. The molecule has 0 unspecified atom stereocenters. The second kappa shape index (κ2) is 9.32. The normalized spacial score (nSPS) is 14.7. The molecule has 2 rings (SSSR count). The molecule has 132 valence electrons. The third kappa shape index (κ3) is 5.56. The minimum atomic E-state index is -0.168. The van der Waals surface area contributed by atoms with Gasteiger partial charge in [-0.25, -0.2) is 4.98 Å². The van der Waals surface area contributed by atoms with E-state index >= 15 is 0 Å². The fourth-order valence-electron chi connectivity index (χ4n) is 2.50. The zero-order valence-electron chi connectivity index (χ0n) is 14.5. The lowest BCUT2D eigenvalue weighted by Gasteiger charge is -2.28. The zero-order chi connectivity index (χ0) is 17.4. The van der Waals surface area contributed by atoms with Crippen molar-refractivity contribution in [3.05, 3.63) is 24.3 Å². The minimum Gasteiger partial charge on any atom is -0.378 e. The molecule has 0 aliphatic carbocycles. The minimum absolute atomic E-state index is 0.0693. The van der Waals surface area contributed by atoms with E-state index in [0.29, 0.717) is 57.4 Å². The first-order chi connectivity index (χ1) is 11.6. The molecule has 24 heavy (non-hydrogen) atoms. The monoisotopic (exact) mass is 334 g/mol. The van der Waals surface area contributed by atoms with Gasteiger partial charge in [-0.3, -0.25) is 14.6 Å². The molecule has 0 bridgehead atoms. The van der Waals surface area contributed by atoms with Crippen LogP contribution in [0, 0.1) is 5.92 Å². The maximum Gasteiger partial charge on any atom is 0.274 e. The summed E-state index contributed by atoms with van der Waals surface area (Å²) in [5.74, 6) is 0.385. The lowest BCUT2D eigenvalue weighted by Crippen LogP contribution is -2.43. The van der Waals surface area contributed by atoms with Crippen LogP contribution in [0.4, 0.5) is 0 Å². The highest BCUT2D eigenvalue weighted by Crippen LogP contribution is 2.08. The van der Waals surface area contributed by atoms with Crippen molar-refractivity contribution in [2.45, 2.75) is 26.7 Å². The van der Waals surface area contributed by atoms with Crippen LogP contribution >= 0.6 is 0 Å². The molecular weight excluding hydrogens is 308 g/mol. The second-order valence-electron chi connectivity index (χ2n) is 6.31. The average molecular weight is 334 g/mol. The van der Waals surface area contributed by atoms with Gasteiger partial charge < -0.3 is 14.5 Å². The van der Waals surface area contributed by atoms with E-state index < -0.39 is 0 Å². The molecule has 2 heterocycles. The first-order valence-electron chi connectivity index (χ1n) is 8.48. The number of hydrogen-bond acceptors (Lipinski definition) is 5. The van der Waals surface area contributed by atoms with Gasteiger partial charge in [-0.15, -0.1) is 0 Å². The Hall–Kier alpha value is -2.02. The molecule has 0 spiro atoms. The molecule has 0 radical (unpaired) electrons. The lowest BCUT2D eigenvalue weighted by molar-refractivity contribution is -0.135. The maximum absolute atomic E-state index is 12.6. The first-order valence-corrected chi connectivity index (χ1v) is 8.48. The molecule has 1 fully saturated rings. The van der Waals surface area contributed by atoms with Crippen LogP contribution in [-0.2, 0) is 9.53 Å². The van der Waals surface area contributed by atoms with Gasteiger partial charge in [0.1, 0.15) is 5.69 Å². The number of amides is 2. The zero-order valence-corrected chi connectivity index (χ0v) is 14.5. The van der Waals surface area contributed by atoms with Gasteiger partial charge in [-0.1, -0.05) is 13.8 Å². The van der Waals surface area contributed by atoms with Crippen molar-refractivity contribution in [3.8, 4) is 0 Å². The predicted molar refractivity (Wildman–Crippen MR) is 89.4 cm³/mol. The SMILES string of the molecule is CC(C)CCN(CCC(=O)N1CCOCC1)C(=O)c1cnccn1. The molecule has 1 saturated heterocycles. The van der Waals surface area contributed by atoms with Crippen LogP contribution in [0.15, 0.2) is 18.6 Å². The van der Waals surface area contributed by atoms with Gasteiger partial charge in [0.25, 0.3) is 5.91 Å². The van der Waals surface area contributed by atoms with Crippen LogP contribution in [0.2, 0.25) is 0 Å². The third-order valence-electron chi connectivity index (χ3n) is 4.01. The van der Waals surface area contributed by atoms with E-state index in [2.05, 4.69) is 23.8 Å². The van der Waals surface area contributed by atoms with Gasteiger partial charge in [0, 0.05) is 45.0 Å². The number of morpholine rings is 1. The Morgan fingerprint density at radius 1 is 1.25 bits per heavy atom. The van der Waals surface area contributed by atoms with E-state index in [-0.39, 0.29) is 11.8 Å². The molecule has 1 aromatic rings. The number of carbonyl (C=O) groups is 2. The number of aromatic nitrogens is 2. The van der Waals surface area contributed by atoms with Crippen LogP contribution in [0.25, 0.3) is 0 Å². The largest absolute Gasteiger partial charge is 0.378 e. The van der Waals surface area contributed by atoms with Crippen molar-refractivity contribution in [3.63, 3.8) is 0 Å². The summed E-state index contributed by atoms with van der Waals surface area (Å²) in [6, 6.07) is 0. The summed E-state index contributed by atoms with van der Waals surface area (Å²) in [5, 5.41) is 0. The van der Waals surface area contributed by atoms with Crippen LogP contribution in [-0.4, -0.2) is 71.0 Å².